The molecule has 8 heteroatoms. The molecule has 0 amide bonds. The van der Waals surface area contributed by atoms with E-state index >= 15 is 0 Å². The average molecular weight is 589 g/mol. The number of hydrogen-bond acceptors (Lipinski definition) is 7. The SMILES string of the molecule is CCN(c1cc(-c2ccc(CN3CCCC(O)C3)cc2)cc(C(O)NCc2c(C)cc(C)[nH]c2=O)c1C)C1CCOCC1. The van der Waals surface area contributed by atoms with Gasteiger partial charge < -0.3 is 24.8 Å². The molecular formula is C35H48N4O4. The molecule has 4 N–H and O–H groups in total. The molecule has 0 aliphatic carbocycles. The number of aryl methyl sites for hydroxylation is 2. The molecular weight excluding hydrogens is 540 g/mol. The lowest BCUT2D eigenvalue weighted by Gasteiger charge is -2.37. The first-order valence-corrected chi connectivity index (χ1v) is 15.8. The third-order valence-corrected chi connectivity index (χ3v) is 9.14. The summed E-state index contributed by atoms with van der Waals surface area (Å²) >= 11 is 0. The molecule has 3 aromatic rings. The number of nitrogens with zero attached hydrogens (tertiary/aromatic N) is 2. The lowest BCUT2D eigenvalue weighted by atomic mass is 9.94. The van der Waals surface area contributed by atoms with Crippen LogP contribution >= 0.6 is 0 Å². The van der Waals surface area contributed by atoms with E-state index in [9.17, 15) is 15.0 Å². The van der Waals surface area contributed by atoms with Crippen molar-refractivity contribution in [2.24, 2.45) is 0 Å². The van der Waals surface area contributed by atoms with Gasteiger partial charge in [-0.1, -0.05) is 24.3 Å². The third-order valence-electron chi connectivity index (χ3n) is 9.14. The van der Waals surface area contributed by atoms with Crippen molar-refractivity contribution in [3.05, 3.63) is 86.3 Å². The van der Waals surface area contributed by atoms with Gasteiger partial charge in [0, 0.05) is 67.9 Å². The Bertz CT molecular complexity index is 1430. The van der Waals surface area contributed by atoms with Gasteiger partial charge in [0.25, 0.3) is 5.56 Å². The van der Waals surface area contributed by atoms with Gasteiger partial charge in [0.2, 0.25) is 0 Å². The number of benzene rings is 2. The van der Waals surface area contributed by atoms with E-state index in [0.29, 0.717) is 11.6 Å². The van der Waals surface area contributed by atoms with Crippen LogP contribution < -0.4 is 15.8 Å². The number of β-amino-alcohol motifs (C(OH)–C–C–N with tert-alkyl or cyclic N) is 1. The summed E-state index contributed by atoms with van der Waals surface area (Å²) < 4.78 is 5.67. The van der Waals surface area contributed by atoms with Crippen LogP contribution in [0.3, 0.4) is 0 Å². The summed E-state index contributed by atoms with van der Waals surface area (Å²) in [5.74, 6) is 0. The summed E-state index contributed by atoms with van der Waals surface area (Å²) in [4.78, 5) is 20.3. The van der Waals surface area contributed by atoms with E-state index in [1.807, 2.05) is 19.9 Å². The Morgan fingerprint density at radius 2 is 1.81 bits per heavy atom. The van der Waals surface area contributed by atoms with Crippen molar-refractivity contribution in [2.45, 2.75) is 84.8 Å². The number of H-pyrrole nitrogens is 1. The molecule has 0 radical (unpaired) electrons. The Labute approximate surface area is 255 Å². The summed E-state index contributed by atoms with van der Waals surface area (Å²) in [5.41, 5.74) is 8.57. The molecule has 1 aromatic heterocycles. The number of aliphatic hydroxyl groups is 2. The number of aliphatic hydroxyl groups excluding tert-OH is 2. The fourth-order valence-electron chi connectivity index (χ4n) is 6.74. The second-order valence-electron chi connectivity index (χ2n) is 12.3. The molecule has 3 heterocycles. The van der Waals surface area contributed by atoms with Gasteiger partial charge in [-0.15, -0.1) is 0 Å². The second kappa shape index (κ2) is 14.2. The average Bonchev–Trinajstić information content (AvgIpc) is 2.99. The number of rotatable bonds is 10. The van der Waals surface area contributed by atoms with Crippen LogP contribution in [0.15, 0.2) is 47.3 Å². The minimum absolute atomic E-state index is 0.126. The summed E-state index contributed by atoms with van der Waals surface area (Å²) in [6.07, 6.45) is 2.69. The molecule has 5 rings (SSSR count). The van der Waals surface area contributed by atoms with Crippen LogP contribution in [0.5, 0.6) is 0 Å². The van der Waals surface area contributed by atoms with Crippen LogP contribution in [0.25, 0.3) is 11.1 Å². The molecule has 2 aliphatic heterocycles. The Balaban J connectivity index is 1.45. The van der Waals surface area contributed by atoms with E-state index in [-0.39, 0.29) is 18.2 Å². The van der Waals surface area contributed by atoms with Crippen molar-refractivity contribution in [3.8, 4) is 11.1 Å². The topological polar surface area (TPSA) is 101 Å². The fourth-order valence-corrected chi connectivity index (χ4v) is 6.74. The first kappa shape index (κ1) is 31.4. The number of aromatic amines is 1. The van der Waals surface area contributed by atoms with Crippen LogP contribution in [0.2, 0.25) is 0 Å². The molecule has 0 saturated carbocycles. The van der Waals surface area contributed by atoms with Crippen molar-refractivity contribution >= 4 is 5.69 Å². The fraction of sp³-hybridized carbons (Fsp3) is 0.514. The number of ether oxygens (including phenoxy) is 1. The zero-order valence-corrected chi connectivity index (χ0v) is 26.2. The molecule has 2 atom stereocenters. The smallest absolute Gasteiger partial charge is 0.252 e. The van der Waals surface area contributed by atoms with Crippen molar-refractivity contribution in [1.29, 1.82) is 0 Å². The minimum atomic E-state index is -0.947. The summed E-state index contributed by atoms with van der Waals surface area (Å²) in [5, 5.41) is 24.8. The molecule has 2 aromatic carbocycles. The maximum atomic E-state index is 12.6. The van der Waals surface area contributed by atoms with Gasteiger partial charge in [-0.3, -0.25) is 15.0 Å². The predicted molar refractivity (Wildman–Crippen MR) is 172 cm³/mol. The molecule has 2 fully saturated rings. The highest BCUT2D eigenvalue weighted by Crippen LogP contribution is 2.36. The van der Waals surface area contributed by atoms with Crippen molar-refractivity contribution in [2.75, 3.05) is 37.7 Å². The first-order valence-electron chi connectivity index (χ1n) is 15.8. The number of hydrogen-bond donors (Lipinski definition) is 4. The Kier molecular flexibility index (Phi) is 10.4. The number of anilines is 1. The first-order chi connectivity index (χ1) is 20.7. The standard InChI is InChI=1S/C35H48N4O4/c1-5-39(29-12-15-43-16-13-29)33-19-28(27-10-8-26(9-11-27)21-38-14-6-7-30(40)22-38)18-31(25(33)4)34(41)36-20-32-23(2)17-24(3)37-35(32)42/h8-11,17-19,29-30,34,36,40-41H,5-7,12-16,20-22H2,1-4H3,(H,37,42). The maximum absolute atomic E-state index is 12.6. The molecule has 43 heavy (non-hydrogen) atoms. The zero-order valence-electron chi connectivity index (χ0n) is 26.2. The highest BCUT2D eigenvalue weighted by molar-refractivity contribution is 5.73. The monoisotopic (exact) mass is 588 g/mol. The lowest BCUT2D eigenvalue weighted by Crippen LogP contribution is -2.40. The van der Waals surface area contributed by atoms with E-state index in [0.717, 1.165) is 104 Å². The van der Waals surface area contributed by atoms with E-state index in [1.165, 1.54) is 5.56 Å². The maximum Gasteiger partial charge on any atom is 0.252 e. The van der Waals surface area contributed by atoms with Crippen LogP contribution in [0.4, 0.5) is 5.69 Å². The van der Waals surface area contributed by atoms with Crippen LogP contribution in [0.1, 0.15) is 72.3 Å². The second-order valence-corrected chi connectivity index (χ2v) is 12.3. The summed E-state index contributed by atoms with van der Waals surface area (Å²) in [6, 6.07) is 15.3. The number of aromatic nitrogens is 1. The number of nitrogens with one attached hydrogen (secondary N) is 2. The van der Waals surface area contributed by atoms with Crippen molar-refractivity contribution < 1.29 is 14.9 Å². The molecule has 2 unspecified atom stereocenters. The molecule has 0 spiro atoms. The number of likely N-dealkylation sites (tertiary alicyclic amines) is 1. The van der Waals surface area contributed by atoms with Crippen LogP contribution in [-0.4, -0.2) is 65.1 Å². The van der Waals surface area contributed by atoms with Gasteiger partial charge >= 0.3 is 0 Å². The van der Waals surface area contributed by atoms with E-state index in [4.69, 9.17) is 4.74 Å². The van der Waals surface area contributed by atoms with Gasteiger partial charge in [0.05, 0.1) is 6.10 Å². The Morgan fingerprint density at radius 1 is 1.07 bits per heavy atom. The van der Waals surface area contributed by atoms with Crippen molar-refractivity contribution in [1.82, 2.24) is 15.2 Å². The van der Waals surface area contributed by atoms with E-state index in [1.54, 1.807) is 0 Å². The predicted octanol–water partition coefficient (Wildman–Crippen LogP) is 4.71. The normalized spacial score (nSPS) is 19.0. The molecule has 0 bridgehead atoms. The quantitative estimate of drug-likeness (QED) is 0.255. The largest absolute Gasteiger partial charge is 0.392 e. The van der Waals surface area contributed by atoms with Gasteiger partial charge in [-0.2, -0.15) is 0 Å². The minimum Gasteiger partial charge on any atom is -0.392 e. The van der Waals surface area contributed by atoms with Gasteiger partial charge in [-0.25, -0.2) is 0 Å². The Morgan fingerprint density at radius 3 is 2.49 bits per heavy atom. The Hall–Kier alpha value is -3.01. The third kappa shape index (κ3) is 7.56. The summed E-state index contributed by atoms with van der Waals surface area (Å²) in [7, 11) is 0. The van der Waals surface area contributed by atoms with Gasteiger partial charge in [0.1, 0.15) is 6.23 Å². The van der Waals surface area contributed by atoms with Crippen molar-refractivity contribution in [3.63, 3.8) is 0 Å². The van der Waals surface area contributed by atoms with Gasteiger partial charge in [0.15, 0.2) is 0 Å². The number of piperidine rings is 1. The highest BCUT2D eigenvalue weighted by atomic mass is 16.5. The molecule has 2 saturated heterocycles. The lowest BCUT2D eigenvalue weighted by molar-refractivity contribution is 0.0668. The van der Waals surface area contributed by atoms with Crippen LogP contribution in [0, 0.1) is 20.8 Å². The van der Waals surface area contributed by atoms with E-state index < -0.39 is 6.23 Å². The molecule has 232 valence electrons. The van der Waals surface area contributed by atoms with E-state index in [2.05, 4.69) is 70.3 Å². The highest BCUT2D eigenvalue weighted by Gasteiger charge is 2.25. The zero-order chi connectivity index (χ0) is 30.5. The molecule has 2 aliphatic rings. The van der Waals surface area contributed by atoms with Gasteiger partial charge in [-0.05, 0) is 106 Å². The summed E-state index contributed by atoms with van der Waals surface area (Å²) in [6.45, 7) is 13.3. The molecule has 8 nitrogen and oxygen atoms in total. The van der Waals surface area contributed by atoms with Crippen LogP contribution in [-0.2, 0) is 17.8 Å². The number of pyridine rings is 1.